The van der Waals surface area contributed by atoms with Gasteiger partial charge in [0.1, 0.15) is 5.82 Å². The highest BCUT2D eigenvalue weighted by Crippen LogP contribution is 2.32. The van der Waals surface area contributed by atoms with Crippen LogP contribution in [-0.2, 0) is 12.7 Å². The molecule has 2 nitrogen and oxygen atoms in total. The molecule has 1 amide bonds. The number of hydrogen-bond acceptors (Lipinski definition) is 1. The number of carbonyl (C=O) groups is 1. The van der Waals surface area contributed by atoms with E-state index in [9.17, 15) is 22.4 Å². The SMILES string of the molecule is O=C(NCc1ccc(F)cc1C(F)(F)F)c1cc(Cl)ccc1Cl. The Morgan fingerprint density at radius 3 is 2.43 bits per heavy atom. The molecule has 0 aliphatic rings. The van der Waals surface area contributed by atoms with Gasteiger partial charge in [0.2, 0.25) is 0 Å². The Balaban J connectivity index is 2.21. The van der Waals surface area contributed by atoms with Crippen molar-refractivity contribution in [2.75, 3.05) is 0 Å². The summed E-state index contributed by atoms with van der Waals surface area (Å²) in [6, 6.07) is 6.42. The van der Waals surface area contributed by atoms with Crippen LogP contribution in [0.1, 0.15) is 21.5 Å². The lowest BCUT2D eigenvalue weighted by atomic mass is 10.1. The molecule has 0 aliphatic heterocycles. The van der Waals surface area contributed by atoms with Gasteiger partial charge in [-0.05, 0) is 35.9 Å². The molecule has 0 saturated carbocycles. The zero-order chi connectivity index (χ0) is 17.2. The standard InChI is InChI=1S/C15H9Cl2F4NO/c16-9-2-4-13(17)11(5-9)14(23)22-7-8-1-3-10(18)6-12(8)15(19,20)21/h1-6H,7H2,(H,22,23). The lowest BCUT2D eigenvalue weighted by Gasteiger charge is -2.14. The van der Waals surface area contributed by atoms with E-state index < -0.39 is 30.0 Å². The molecule has 23 heavy (non-hydrogen) atoms. The molecule has 1 N–H and O–H groups in total. The van der Waals surface area contributed by atoms with Crippen molar-refractivity contribution in [3.05, 3.63) is 69.0 Å². The minimum absolute atomic E-state index is 0.0369. The van der Waals surface area contributed by atoms with E-state index in [-0.39, 0.29) is 21.2 Å². The van der Waals surface area contributed by atoms with Crippen LogP contribution in [0.2, 0.25) is 10.0 Å². The van der Waals surface area contributed by atoms with Gasteiger partial charge in [0.25, 0.3) is 5.91 Å². The summed E-state index contributed by atoms with van der Waals surface area (Å²) in [6.07, 6.45) is -4.73. The first-order chi connectivity index (χ1) is 10.7. The minimum atomic E-state index is -4.73. The zero-order valence-electron chi connectivity index (χ0n) is 11.3. The van der Waals surface area contributed by atoms with Crippen molar-refractivity contribution in [2.24, 2.45) is 0 Å². The maximum atomic E-state index is 13.0. The normalized spacial score (nSPS) is 11.4. The number of halogens is 6. The fraction of sp³-hybridized carbons (Fsp3) is 0.133. The summed E-state index contributed by atoms with van der Waals surface area (Å²) >= 11 is 11.6. The highest BCUT2D eigenvalue weighted by atomic mass is 35.5. The summed E-state index contributed by atoms with van der Waals surface area (Å²) in [5.41, 5.74) is -1.37. The molecule has 0 aromatic heterocycles. The third-order valence-corrected chi connectivity index (χ3v) is 3.55. The van der Waals surface area contributed by atoms with Crippen molar-refractivity contribution >= 4 is 29.1 Å². The maximum Gasteiger partial charge on any atom is 0.416 e. The van der Waals surface area contributed by atoms with Crippen LogP contribution in [0.5, 0.6) is 0 Å². The number of amides is 1. The molecule has 0 unspecified atom stereocenters. The molecule has 0 radical (unpaired) electrons. The van der Waals surface area contributed by atoms with Gasteiger partial charge in [0, 0.05) is 11.6 Å². The topological polar surface area (TPSA) is 29.1 Å². The van der Waals surface area contributed by atoms with Crippen LogP contribution in [0.4, 0.5) is 17.6 Å². The Kier molecular flexibility index (Phi) is 5.16. The van der Waals surface area contributed by atoms with Gasteiger partial charge in [-0.1, -0.05) is 29.3 Å². The molecule has 2 aromatic rings. The summed E-state index contributed by atoms with van der Waals surface area (Å²) in [6.45, 7) is -0.434. The summed E-state index contributed by atoms with van der Waals surface area (Å²) in [5.74, 6) is -1.69. The molecule has 2 rings (SSSR count). The predicted molar refractivity (Wildman–Crippen MR) is 79.0 cm³/mol. The second-order valence-electron chi connectivity index (χ2n) is 4.61. The fourth-order valence-corrected chi connectivity index (χ4v) is 2.28. The second kappa shape index (κ2) is 6.76. The monoisotopic (exact) mass is 365 g/mol. The summed E-state index contributed by atoms with van der Waals surface area (Å²) < 4.78 is 51.6. The van der Waals surface area contributed by atoms with E-state index in [2.05, 4.69) is 5.32 Å². The van der Waals surface area contributed by atoms with Crippen LogP contribution in [-0.4, -0.2) is 5.91 Å². The molecule has 0 bridgehead atoms. The van der Waals surface area contributed by atoms with Crippen molar-refractivity contribution in [1.82, 2.24) is 5.32 Å². The average Bonchev–Trinajstić information content (AvgIpc) is 2.47. The molecule has 2 aromatic carbocycles. The smallest absolute Gasteiger partial charge is 0.348 e. The van der Waals surface area contributed by atoms with Gasteiger partial charge in [-0.15, -0.1) is 0 Å². The van der Waals surface area contributed by atoms with Gasteiger partial charge >= 0.3 is 6.18 Å². The molecule has 8 heteroatoms. The lowest BCUT2D eigenvalue weighted by Crippen LogP contribution is -2.25. The first-order valence-electron chi connectivity index (χ1n) is 6.27. The largest absolute Gasteiger partial charge is 0.416 e. The van der Waals surface area contributed by atoms with E-state index in [0.29, 0.717) is 6.07 Å². The molecule has 0 heterocycles. The molecular formula is C15H9Cl2F4NO. The minimum Gasteiger partial charge on any atom is -0.348 e. The molecule has 0 aliphatic carbocycles. The van der Waals surface area contributed by atoms with Crippen LogP contribution in [0.25, 0.3) is 0 Å². The molecule has 0 spiro atoms. The molecule has 0 atom stereocenters. The Morgan fingerprint density at radius 1 is 1.09 bits per heavy atom. The number of alkyl halides is 3. The van der Waals surface area contributed by atoms with Crippen molar-refractivity contribution < 1.29 is 22.4 Å². The maximum absolute atomic E-state index is 13.0. The number of carbonyl (C=O) groups excluding carboxylic acids is 1. The van der Waals surface area contributed by atoms with Crippen LogP contribution >= 0.6 is 23.2 Å². The van der Waals surface area contributed by atoms with Crippen LogP contribution in [0, 0.1) is 5.82 Å². The second-order valence-corrected chi connectivity index (χ2v) is 5.45. The molecular weight excluding hydrogens is 357 g/mol. The first kappa shape index (κ1) is 17.6. The van der Waals surface area contributed by atoms with Gasteiger partial charge in [-0.3, -0.25) is 4.79 Å². The first-order valence-corrected chi connectivity index (χ1v) is 7.03. The summed E-state index contributed by atoms with van der Waals surface area (Å²) in [5, 5.41) is 2.69. The van der Waals surface area contributed by atoms with Gasteiger partial charge in [-0.25, -0.2) is 4.39 Å². The number of rotatable bonds is 3. The van der Waals surface area contributed by atoms with Crippen LogP contribution < -0.4 is 5.32 Å². The van der Waals surface area contributed by atoms with E-state index in [1.807, 2.05) is 0 Å². The van der Waals surface area contributed by atoms with Gasteiger partial charge in [-0.2, -0.15) is 13.2 Å². The highest BCUT2D eigenvalue weighted by molar-refractivity contribution is 6.35. The predicted octanol–water partition coefficient (Wildman–Crippen LogP) is 5.08. The van der Waals surface area contributed by atoms with Gasteiger partial charge < -0.3 is 5.32 Å². The third kappa shape index (κ3) is 4.36. The quantitative estimate of drug-likeness (QED) is 0.754. The van der Waals surface area contributed by atoms with E-state index in [1.165, 1.54) is 18.2 Å². The summed E-state index contributed by atoms with van der Waals surface area (Å²) in [4.78, 5) is 12.0. The average molecular weight is 366 g/mol. The van der Waals surface area contributed by atoms with Gasteiger partial charge in [0.05, 0.1) is 16.1 Å². The Hall–Kier alpha value is -1.79. The Morgan fingerprint density at radius 2 is 1.78 bits per heavy atom. The van der Waals surface area contributed by atoms with E-state index >= 15 is 0 Å². The van der Waals surface area contributed by atoms with Crippen LogP contribution in [0.3, 0.4) is 0 Å². The number of nitrogens with one attached hydrogen (secondary N) is 1. The van der Waals surface area contributed by atoms with Crippen molar-refractivity contribution in [3.63, 3.8) is 0 Å². The van der Waals surface area contributed by atoms with E-state index in [4.69, 9.17) is 23.2 Å². The van der Waals surface area contributed by atoms with Crippen LogP contribution in [0.15, 0.2) is 36.4 Å². The molecule has 122 valence electrons. The Bertz CT molecular complexity index is 747. The summed E-state index contributed by atoms with van der Waals surface area (Å²) in [7, 11) is 0. The van der Waals surface area contributed by atoms with E-state index in [1.54, 1.807) is 0 Å². The highest BCUT2D eigenvalue weighted by Gasteiger charge is 2.33. The molecule has 0 saturated heterocycles. The van der Waals surface area contributed by atoms with Crippen molar-refractivity contribution in [2.45, 2.75) is 12.7 Å². The zero-order valence-corrected chi connectivity index (χ0v) is 12.9. The Labute approximate surface area is 139 Å². The fourth-order valence-electron chi connectivity index (χ4n) is 1.91. The van der Waals surface area contributed by atoms with E-state index in [0.717, 1.165) is 12.1 Å². The lowest BCUT2D eigenvalue weighted by molar-refractivity contribution is -0.138. The van der Waals surface area contributed by atoms with Gasteiger partial charge in [0.15, 0.2) is 0 Å². The third-order valence-electron chi connectivity index (χ3n) is 2.99. The van der Waals surface area contributed by atoms with Crippen molar-refractivity contribution in [3.8, 4) is 0 Å². The number of hydrogen-bond donors (Lipinski definition) is 1. The molecule has 0 fully saturated rings. The number of benzene rings is 2. The van der Waals surface area contributed by atoms with Crippen molar-refractivity contribution in [1.29, 1.82) is 0 Å².